The maximum absolute atomic E-state index is 12.4. The molecular weight excluding hydrogens is 420 g/mol. The summed E-state index contributed by atoms with van der Waals surface area (Å²) < 4.78 is 1.70. The summed E-state index contributed by atoms with van der Waals surface area (Å²) in [6.45, 7) is 10.5. The van der Waals surface area contributed by atoms with E-state index in [1.807, 2.05) is 31.2 Å². The molecule has 0 saturated heterocycles. The normalized spacial score (nSPS) is 12.0. The summed E-state index contributed by atoms with van der Waals surface area (Å²) in [5, 5.41) is 28.4. The Morgan fingerprint density at radius 3 is 2.12 bits per heavy atom. The Bertz CT molecular complexity index is 1200. The number of carboxylic acids is 1. The number of hydrogen-bond donors (Lipinski definition) is 3. The van der Waals surface area contributed by atoms with Crippen LogP contribution >= 0.6 is 0 Å². The standard InChI is InChI=1S/C25H28N4O4/c1-6-29-21(16-11-13-19(14-12-16)25(3,4)5)22(30)20(28-29)15(2)26-27-23(31)17-7-9-18(10-8-17)24(32)33/h7-14,30H,6H2,1-5H3,(H,27,31)(H,32,33)/b26-15+. The first kappa shape index (κ1) is 23.7. The fraction of sp³-hybridized carbons (Fsp3) is 0.280. The minimum absolute atomic E-state index is 0.0123. The number of carbonyl (C=O) groups is 2. The van der Waals surface area contributed by atoms with Gasteiger partial charge in [0.1, 0.15) is 5.69 Å². The molecule has 172 valence electrons. The number of aromatic hydroxyl groups is 1. The van der Waals surface area contributed by atoms with Crippen LogP contribution < -0.4 is 5.43 Å². The number of carbonyl (C=O) groups excluding carboxylic acids is 1. The minimum Gasteiger partial charge on any atom is -0.504 e. The molecule has 3 N–H and O–H groups in total. The Labute approximate surface area is 192 Å². The molecule has 0 aliphatic rings. The summed E-state index contributed by atoms with van der Waals surface area (Å²) in [5.41, 5.74) is 6.00. The van der Waals surface area contributed by atoms with Crippen LogP contribution in [0.4, 0.5) is 0 Å². The number of amides is 1. The number of aromatic carboxylic acids is 1. The van der Waals surface area contributed by atoms with Crippen LogP contribution in [-0.2, 0) is 12.0 Å². The van der Waals surface area contributed by atoms with Crippen molar-refractivity contribution in [1.82, 2.24) is 15.2 Å². The van der Waals surface area contributed by atoms with Crippen LogP contribution in [0.3, 0.4) is 0 Å². The van der Waals surface area contributed by atoms with Crippen molar-refractivity contribution in [1.29, 1.82) is 0 Å². The first-order chi connectivity index (χ1) is 15.5. The van der Waals surface area contributed by atoms with Crippen molar-refractivity contribution in [3.05, 3.63) is 70.9 Å². The summed E-state index contributed by atoms with van der Waals surface area (Å²) in [5.74, 6) is -1.58. The van der Waals surface area contributed by atoms with Gasteiger partial charge in [-0.15, -0.1) is 0 Å². The van der Waals surface area contributed by atoms with E-state index < -0.39 is 11.9 Å². The van der Waals surface area contributed by atoms with Crippen LogP contribution in [0.15, 0.2) is 53.6 Å². The quantitative estimate of drug-likeness (QED) is 0.381. The summed E-state index contributed by atoms with van der Waals surface area (Å²) >= 11 is 0. The number of hydrazone groups is 1. The molecule has 33 heavy (non-hydrogen) atoms. The number of aryl methyl sites for hydroxylation is 1. The highest BCUT2D eigenvalue weighted by Crippen LogP contribution is 2.34. The number of carboxylic acid groups (broad SMARTS) is 1. The summed E-state index contributed by atoms with van der Waals surface area (Å²) in [6.07, 6.45) is 0. The van der Waals surface area contributed by atoms with Gasteiger partial charge in [0.25, 0.3) is 5.91 Å². The molecule has 1 heterocycles. The van der Waals surface area contributed by atoms with Crippen LogP contribution in [-0.4, -0.2) is 37.6 Å². The molecule has 0 saturated carbocycles. The third kappa shape index (κ3) is 5.11. The molecule has 0 radical (unpaired) electrons. The van der Waals surface area contributed by atoms with Crippen LogP contribution in [0.5, 0.6) is 5.75 Å². The lowest BCUT2D eigenvalue weighted by atomic mass is 9.86. The first-order valence-electron chi connectivity index (χ1n) is 10.6. The summed E-state index contributed by atoms with van der Waals surface area (Å²) in [6, 6.07) is 13.5. The van der Waals surface area contributed by atoms with Crippen LogP contribution in [0, 0.1) is 0 Å². The molecular formula is C25H28N4O4. The highest BCUT2D eigenvalue weighted by molar-refractivity contribution is 6.02. The third-order valence-corrected chi connectivity index (χ3v) is 5.31. The van der Waals surface area contributed by atoms with Gasteiger partial charge in [-0.1, -0.05) is 45.0 Å². The van der Waals surface area contributed by atoms with Gasteiger partial charge in [0.2, 0.25) is 0 Å². The summed E-state index contributed by atoms with van der Waals surface area (Å²) in [4.78, 5) is 23.3. The Morgan fingerprint density at radius 2 is 1.61 bits per heavy atom. The molecule has 0 aliphatic heterocycles. The molecule has 0 atom stereocenters. The van der Waals surface area contributed by atoms with Crippen molar-refractivity contribution >= 4 is 17.6 Å². The van der Waals surface area contributed by atoms with Gasteiger partial charge in [-0.2, -0.15) is 10.2 Å². The highest BCUT2D eigenvalue weighted by Gasteiger charge is 2.21. The van der Waals surface area contributed by atoms with E-state index in [1.165, 1.54) is 29.8 Å². The number of nitrogens with one attached hydrogen (secondary N) is 1. The monoisotopic (exact) mass is 448 g/mol. The fourth-order valence-electron chi connectivity index (χ4n) is 3.36. The Morgan fingerprint density at radius 1 is 1.03 bits per heavy atom. The van der Waals surface area contributed by atoms with E-state index in [2.05, 4.69) is 36.4 Å². The maximum atomic E-state index is 12.4. The largest absolute Gasteiger partial charge is 0.504 e. The Kier molecular flexibility index (Phi) is 6.67. The number of benzene rings is 2. The van der Waals surface area contributed by atoms with E-state index in [9.17, 15) is 14.7 Å². The molecule has 0 aliphatic carbocycles. The van der Waals surface area contributed by atoms with Gasteiger partial charge in [0.05, 0.1) is 11.3 Å². The number of rotatable bonds is 6. The zero-order chi connectivity index (χ0) is 24.3. The van der Waals surface area contributed by atoms with E-state index in [4.69, 9.17) is 5.11 Å². The molecule has 8 nitrogen and oxygen atoms in total. The molecule has 0 bridgehead atoms. The molecule has 0 fully saturated rings. The predicted molar refractivity (Wildman–Crippen MR) is 127 cm³/mol. The average molecular weight is 449 g/mol. The molecule has 8 heteroatoms. The first-order valence-corrected chi connectivity index (χ1v) is 10.6. The highest BCUT2D eigenvalue weighted by atomic mass is 16.4. The van der Waals surface area contributed by atoms with Crippen molar-refractivity contribution in [2.45, 2.75) is 46.6 Å². The lowest BCUT2D eigenvalue weighted by Crippen LogP contribution is -2.19. The summed E-state index contributed by atoms with van der Waals surface area (Å²) in [7, 11) is 0. The maximum Gasteiger partial charge on any atom is 0.335 e. The van der Waals surface area contributed by atoms with Crippen molar-refractivity contribution in [2.75, 3.05) is 0 Å². The minimum atomic E-state index is -1.07. The molecule has 0 unspecified atom stereocenters. The van der Waals surface area contributed by atoms with Crippen molar-refractivity contribution in [2.24, 2.45) is 5.10 Å². The Balaban J connectivity index is 1.85. The van der Waals surface area contributed by atoms with E-state index >= 15 is 0 Å². The third-order valence-electron chi connectivity index (χ3n) is 5.31. The van der Waals surface area contributed by atoms with Gasteiger partial charge in [-0.05, 0) is 49.1 Å². The lowest BCUT2D eigenvalue weighted by molar-refractivity contribution is 0.0696. The van der Waals surface area contributed by atoms with Crippen LogP contribution in [0.25, 0.3) is 11.3 Å². The van der Waals surface area contributed by atoms with Crippen molar-refractivity contribution in [3.8, 4) is 17.0 Å². The second-order valence-electron chi connectivity index (χ2n) is 8.71. The topological polar surface area (TPSA) is 117 Å². The molecule has 2 aromatic carbocycles. The predicted octanol–water partition coefficient (Wildman–Crippen LogP) is 4.43. The Hall–Kier alpha value is -3.94. The molecule has 0 spiro atoms. The van der Waals surface area contributed by atoms with Gasteiger partial charge in [0.15, 0.2) is 11.4 Å². The zero-order valence-corrected chi connectivity index (χ0v) is 19.4. The van der Waals surface area contributed by atoms with Gasteiger partial charge in [-0.25, -0.2) is 10.2 Å². The molecule has 1 aromatic heterocycles. The fourth-order valence-corrected chi connectivity index (χ4v) is 3.36. The van der Waals surface area contributed by atoms with E-state index in [0.29, 0.717) is 18.0 Å². The lowest BCUT2D eigenvalue weighted by Gasteiger charge is -2.19. The second-order valence-corrected chi connectivity index (χ2v) is 8.71. The SMILES string of the molecule is CCn1nc(/C(C)=N/NC(=O)c2ccc(C(=O)O)cc2)c(O)c1-c1ccc(C(C)(C)C)cc1. The van der Waals surface area contributed by atoms with Crippen molar-refractivity contribution < 1.29 is 19.8 Å². The number of hydrogen-bond acceptors (Lipinski definition) is 5. The van der Waals surface area contributed by atoms with Gasteiger partial charge in [-0.3, -0.25) is 9.48 Å². The second kappa shape index (κ2) is 9.28. The van der Waals surface area contributed by atoms with E-state index in [0.717, 1.165) is 5.56 Å². The van der Waals surface area contributed by atoms with E-state index in [-0.39, 0.29) is 28.0 Å². The molecule has 3 rings (SSSR count). The molecule has 1 amide bonds. The van der Waals surface area contributed by atoms with Crippen LogP contribution in [0.2, 0.25) is 0 Å². The van der Waals surface area contributed by atoms with Gasteiger partial charge >= 0.3 is 5.97 Å². The van der Waals surface area contributed by atoms with Crippen LogP contribution in [0.1, 0.15) is 66.6 Å². The molecule has 3 aromatic rings. The zero-order valence-electron chi connectivity index (χ0n) is 19.4. The van der Waals surface area contributed by atoms with Gasteiger partial charge < -0.3 is 10.2 Å². The smallest absolute Gasteiger partial charge is 0.335 e. The number of aromatic nitrogens is 2. The number of nitrogens with zero attached hydrogens (tertiary/aromatic N) is 3. The average Bonchev–Trinajstić information content (AvgIpc) is 3.13. The van der Waals surface area contributed by atoms with Gasteiger partial charge in [0, 0.05) is 17.7 Å². The van der Waals surface area contributed by atoms with E-state index in [1.54, 1.807) is 11.6 Å². The van der Waals surface area contributed by atoms with Crippen molar-refractivity contribution in [3.63, 3.8) is 0 Å².